The molecule has 58 valence electrons. The van der Waals surface area contributed by atoms with Crippen molar-refractivity contribution in [1.82, 2.24) is 9.97 Å². The molecule has 11 heavy (non-hydrogen) atoms. The van der Waals surface area contributed by atoms with Crippen LogP contribution in [0.3, 0.4) is 0 Å². The lowest BCUT2D eigenvalue weighted by Gasteiger charge is -2.14. The number of aromatic nitrogens is 2. The van der Waals surface area contributed by atoms with Crippen LogP contribution in [0.4, 0.5) is 0 Å². The minimum absolute atomic E-state index is 0.401. The molecule has 0 radical (unpaired) electrons. The molecule has 0 N–H and O–H groups in total. The lowest BCUT2D eigenvalue weighted by molar-refractivity contribution is 0.390. The first-order valence-electron chi connectivity index (χ1n) is 3.95. The van der Waals surface area contributed by atoms with Crippen LogP contribution in [0.5, 0.6) is 0 Å². The standard InChI is InChI=1S/C9H12N2/c1-9(2)3-7-5-10-6-11-8(7)4-9/h5-6H,3-4H2,1-2H3. The van der Waals surface area contributed by atoms with E-state index in [1.807, 2.05) is 6.20 Å². The van der Waals surface area contributed by atoms with Gasteiger partial charge in [0.2, 0.25) is 0 Å². The van der Waals surface area contributed by atoms with E-state index >= 15 is 0 Å². The normalized spacial score (nSPS) is 19.8. The molecule has 0 aromatic carbocycles. The van der Waals surface area contributed by atoms with Crippen LogP contribution in [-0.4, -0.2) is 9.97 Å². The number of rotatable bonds is 0. The molecule has 0 spiro atoms. The van der Waals surface area contributed by atoms with Crippen LogP contribution in [0.2, 0.25) is 0 Å². The molecule has 0 saturated carbocycles. The molecule has 0 fully saturated rings. The fourth-order valence-corrected chi connectivity index (χ4v) is 1.72. The summed E-state index contributed by atoms with van der Waals surface area (Å²) in [5, 5.41) is 0. The predicted molar refractivity (Wildman–Crippen MR) is 43.2 cm³/mol. The maximum absolute atomic E-state index is 4.24. The van der Waals surface area contributed by atoms with Gasteiger partial charge in [0, 0.05) is 11.9 Å². The van der Waals surface area contributed by atoms with Crippen molar-refractivity contribution >= 4 is 0 Å². The van der Waals surface area contributed by atoms with Crippen molar-refractivity contribution in [1.29, 1.82) is 0 Å². The highest BCUT2D eigenvalue weighted by molar-refractivity contribution is 5.24. The second-order valence-electron chi connectivity index (χ2n) is 4.01. The van der Waals surface area contributed by atoms with Crippen molar-refractivity contribution in [2.24, 2.45) is 5.41 Å². The van der Waals surface area contributed by atoms with Gasteiger partial charge in [-0.3, -0.25) is 0 Å². The summed E-state index contributed by atoms with van der Waals surface area (Å²) in [4.78, 5) is 8.25. The van der Waals surface area contributed by atoms with Crippen LogP contribution in [-0.2, 0) is 12.8 Å². The Balaban J connectivity index is 2.41. The molecule has 1 heterocycles. The molecule has 0 bridgehead atoms. The Morgan fingerprint density at radius 3 is 2.91 bits per heavy atom. The Labute approximate surface area is 66.7 Å². The molecule has 2 rings (SSSR count). The number of fused-ring (bicyclic) bond motifs is 1. The van der Waals surface area contributed by atoms with E-state index in [0.717, 1.165) is 12.8 Å². The molecule has 0 aliphatic heterocycles. The molecule has 0 saturated heterocycles. The van der Waals surface area contributed by atoms with Crippen LogP contribution in [0, 0.1) is 5.41 Å². The summed E-state index contributed by atoms with van der Waals surface area (Å²) in [5.74, 6) is 0. The molecule has 2 nitrogen and oxygen atoms in total. The van der Waals surface area contributed by atoms with Gasteiger partial charge >= 0.3 is 0 Å². The Morgan fingerprint density at radius 2 is 2.18 bits per heavy atom. The summed E-state index contributed by atoms with van der Waals surface area (Å²) in [6, 6.07) is 0. The first-order chi connectivity index (χ1) is 5.17. The Bertz CT molecular complexity index is 252. The third kappa shape index (κ3) is 1.13. The second-order valence-corrected chi connectivity index (χ2v) is 4.01. The Hall–Kier alpha value is -0.920. The van der Waals surface area contributed by atoms with Gasteiger partial charge in [-0.25, -0.2) is 9.97 Å². The molecule has 0 amide bonds. The summed E-state index contributed by atoms with van der Waals surface area (Å²) in [6.45, 7) is 4.54. The third-order valence-electron chi connectivity index (χ3n) is 2.20. The van der Waals surface area contributed by atoms with Crippen LogP contribution in [0.25, 0.3) is 0 Å². The SMILES string of the molecule is CC1(C)Cc2cncnc2C1. The van der Waals surface area contributed by atoms with Crippen LogP contribution in [0.1, 0.15) is 25.1 Å². The quantitative estimate of drug-likeness (QED) is 0.558. The van der Waals surface area contributed by atoms with Gasteiger partial charge in [0.1, 0.15) is 6.33 Å². The fourth-order valence-electron chi connectivity index (χ4n) is 1.72. The highest BCUT2D eigenvalue weighted by Gasteiger charge is 2.28. The second kappa shape index (κ2) is 2.03. The van der Waals surface area contributed by atoms with E-state index in [-0.39, 0.29) is 0 Å². The van der Waals surface area contributed by atoms with E-state index in [9.17, 15) is 0 Å². The molecule has 2 heteroatoms. The molecule has 1 aromatic rings. The average molecular weight is 148 g/mol. The maximum Gasteiger partial charge on any atom is 0.115 e. The van der Waals surface area contributed by atoms with E-state index in [2.05, 4.69) is 23.8 Å². The largest absolute Gasteiger partial charge is 0.245 e. The van der Waals surface area contributed by atoms with Crippen molar-refractivity contribution in [2.45, 2.75) is 26.7 Å². The predicted octanol–water partition coefficient (Wildman–Crippen LogP) is 1.60. The smallest absolute Gasteiger partial charge is 0.115 e. The summed E-state index contributed by atoms with van der Waals surface area (Å²) < 4.78 is 0. The zero-order valence-corrected chi connectivity index (χ0v) is 6.96. The first kappa shape index (κ1) is 6.77. The van der Waals surface area contributed by atoms with Gasteiger partial charge < -0.3 is 0 Å². The van der Waals surface area contributed by atoms with E-state index in [4.69, 9.17) is 0 Å². The molecule has 1 aliphatic carbocycles. The maximum atomic E-state index is 4.24. The number of hydrogen-bond acceptors (Lipinski definition) is 2. The van der Waals surface area contributed by atoms with Gasteiger partial charge in [-0.15, -0.1) is 0 Å². The third-order valence-corrected chi connectivity index (χ3v) is 2.20. The average Bonchev–Trinajstić information content (AvgIpc) is 2.21. The monoisotopic (exact) mass is 148 g/mol. The molecule has 1 aliphatic rings. The van der Waals surface area contributed by atoms with Gasteiger partial charge in [0.25, 0.3) is 0 Å². The van der Waals surface area contributed by atoms with Crippen molar-refractivity contribution in [2.75, 3.05) is 0 Å². The van der Waals surface area contributed by atoms with Gasteiger partial charge in [-0.05, 0) is 23.8 Å². The zero-order chi connectivity index (χ0) is 7.90. The lowest BCUT2D eigenvalue weighted by atomic mass is 9.91. The van der Waals surface area contributed by atoms with Gasteiger partial charge in [-0.2, -0.15) is 0 Å². The van der Waals surface area contributed by atoms with Crippen molar-refractivity contribution in [3.8, 4) is 0 Å². The van der Waals surface area contributed by atoms with E-state index < -0.39 is 0 Å². The van der Waals surface area contributed by atoms with Crippen LogP contribution in [0.15, 0.2) is 12.5 Å². The lowest BCUT2D eigenvalue weighted by Crippen LogP contribution is -2.09. The molecular formula is C9H12N2. The van der Waals surface area contributed by atoms with E-state index in [1.165, 1.54) is 11.3 Å². The summed E-state index contributed by atoms with van der Waals surface area (Å²) in [7, 11) is 0. The highest BCUT2D eigenvalue weighted by atomic mass is 14.8. The van der Waals surface area contributed by atoms with Crippen molar-refractivity contribution in [3.05, 3.63) is 23.8 Å². The minimum atomic E-state index is 0.401. The molecular weight excluding hydrogens is 136 g/mol. The van der Waals surface area contributed by atoms with Crippen molar-refractivity contribution in [3.63, 3.8) is 0 Å². The molecule has 0 atom stereocenters. The minimum Gasteiger partial charge on any atom is -0.245 e. The van der Waals surface area contributed by atoms with Gasteiger partial charge in [0.05, 0.1) is 0 Å². The van der Waals surface area contributed by atoms with Crippen molar-refractivity contribution < 1.29 is 0 Å². The summed E-state index contributed by atoms with van der Waals surface area (Å²) in [5.41, 5.74) is 2.97. The molecule has 0 unspecified atom stereocenters. The highest BCUT2D eigenvalue weighted by Crippen LogP contribution is 2.33. The van der Waals surface area contributed by atoms with Crippen LogP contribution >= 0.6 is 0 Å². The molecule has 1 aromatic heterocycles. The van der Waals surface area contributed by atoms with E-state index in [0.29, 0.717) is 5.41 Å². The van der Waals surface area contributed by atoms with Gasteiger partial charge in [-0.1, -0.05) is 13.8 Å². The fraction of sp³-hybridized carbons (Fsp3) is 0.556. The van der Waals surface area contributed by atoms with E-state index in [1.54, 1.807) is 6.33 Å². The summed E-state index contributed by atoms with van der Waals surface area (Å²) in [6.07, 6.45) is 5.81. The zero-order valence-electron chi connectivity index (χ0n) is 6.96. The van der Waals surface area contributed by atoms with Gasteiger partial charge in [0.15, 0.2) is 0 Å². The topological polar surface area (TPSA) is 25.8 Å². The summed E-state index contributed by atoms with van der Waals surface area (Å²) >= 11 is 0. The first-order valence-corrected chi connectivity index (χ1v) is 3.95. The van der Waals surface area contributed by atoms with Crippen LogP contribution < -0.4 is 0 Å². The number of nitrogens with zero attached hydrogens (tertiary/aromatic N) is 2. The number of hydrogen-bond donors (Lipinski definition) is 0. The Kier molecular flexibility index (Phi) is 1.25. The Morgan fingerprint density at radius 1 is 1.36 bits per heavy atom.